The van der Waals surface area contributed by atoms with Gasteiger partial charge in [-0.3, -0.25) is 29.2 Å². The Morgan fingerprint density at radius 1 is 0.603 bits per heavy atom. The molecule has 19 heteroatoms. The van der Waals surface area contributed by atoms with Crippen LogP contribution in [0.2, 0.25) is 0 Å². The number of nitrogens with zero attached hydrogens (tertiary/aromatic N) is 5. The number of rotatable bonds is 22. The molecule has 0 saturated heterocycles. The summed E-state index contributed by atoms with van der Waals surface area (Å²) in [4.78, 5) is 41.3. The molecule has 0 unspecified atom stereocenters. The number of nitrogens with two attached hydrogens (primary N) is 1. The molecular weight excluding hydrogens is 835 g/mol. The van der Waals surface area contributed by atoms with Gasteiger partial charge in [0.1, 0.15) is 17.2 Å². The standard InChI is InChI=1S/C18H15O3P.C12H30N4O.C6H8O7.C5H14N2.C3H8O/c1-4-10-16(11-5-1)19-22(20-17-12-6-2-7-13-17)21-18-14-8-3-9-15-18;1-13(2)11(14(3)4)9-17-10-12(15(5)6)16(7)8;7-3(8)1-6(13,5(11)12)2-4(9)10;1-7(2)5-3-4-6;1-3(2)4/h1-15H;11-12H,9-10H2,1-8H3;13H,1-2H2,(H,7,8)(H,9,10)(H,11,12);3-6H2,1-2H3;3-4H,1-2H3. The molecule has 3 aromatic carbocycles. The Morgan fingerprint density at radius 2 is 0.889 bits per heavy atom. The summed E-state index contributed by atoms with van der Waals surface area (Å²) in [7, 11) is 19.1. The van der Waals surface area contributed by atoms with E-state index in [1.54, 1.807) is 13.8 Å². The first kappa shape index (κ1) is 60.6. The molecule has 0 aromatic heterocycles. The molecule has 0 spiro atoms. The number of benzene rings is 3. The van der Waals surface area contributed by atoms with Crippen LogP contribution in [0.4, 0.5) is 0 Å². The van der Waals surface area contributed by atoms with Gasteiger partial charge in [-0.1, -0.05) is 54.6 Å². The van der Waals surface area contributed by atoms with Gasteiger partial charge in [-0.15, -0.1) is 0 Å². The lowest BCUT2D eigenvalue weighted by Gasteiger charge is -2.33. The summed E-state index contributed by atoms with van der Waals surface area (Å²) < 4.78 is 23.4. The van der Waals surface area contributed by atoms with Crippen molar-refractivity contribution in [3.05, 3.63) is 91.0 Å². The number of aliphatic carboxylic acids is 3. The first-order valence-corrected chi connectivity index (χ1v) is 21.2. The minimum atomic E-state index is -2.74. The number of carboxylic acid groups (broad SMARTS) is 3. The fourth-order valence-electron chi connectivity index (χ4n) is 4.68. The molecule has 0 fully saturated rings. The van der Waals surface area contributed by atoms with E-state index in [2.05, 4.69) is 95.0 Å². The molecule has 3 aromatic rings. The molecule has 0 radical (unpaired) electrons. The highest BCUT2D eigenvalue weighted by atomic mass is 31.2. The van der Waals surface area contributed by atoms with E-state index in [0.717, 1.165) is 32.7 Å². The summed E-state index contributed by atoms with van der Waals surface area (Å²) in [6, 6.07) is 28.5. The van der Waals surface area contributed by atoms with E-state index in [1.807, 2.05) is 91.0 Å². The van der Waals surface area contributed by atoms with Crippen LogP contribution in [-0.4, -0.2) is 189 Å². The van der Waals surface area contributed by atoms with Gasteiger partial charge in [-0.25, -0.2) is 4.79 Å². The summed E-state index contributed by atoms with van der Waals surface area (Å²) in [5.74, 6) is -2.89. The van der Waals surface area contributed by atoms with Crippen LogP contribution in [0.15, 0.2) is 91.0 Å². The van der Waals surface area contributed by atoms with E-state index in [-0.39, 0.29) is 6.10 Å². The molecule has 63 heavy (non-hydrogen) atoms. The van der Waals surface area contributed by atoms with Crippen LogP contribution in [0, 0.1) is 0 Å². The third kappa shape index (κ3) is 32.8. The number of carboxylic acids is 3. The average molecular weight is 911 g/mol. The topological polar surface area (TPSA) is 231 Å². The smallest absolute Gasteiger partial charge is 0.481 e. The number of para-hydroxylation sites is 3. The van der Waals surface area contributed by atoms with Gasteiger partial charge in [0.05, 0.1) is 38.4 Å². The molecule has 358 valence electrons. The molecule has 0 bridgehead atoms. The Bertz CT molecular complexity index is 1440. The summed E-state index contributed by atoms with van der Waals surface area (Å²) in [6.45, 7) is 6.80. The van der Waals surface area contributed by atoms with Crippen molar-refractivity contribution in [2.45, 2.75) is 57.1 Å². The van der Waals surface area contributed by atoms with Crippen LogP contribution >= 0.6 is 8.60 Å². The van der Waals surface area contributed by atoms with Crippen molar-refractivity contribution < 1.29 is 58.2 Å². The van der Waals surface area contributed by atoms with Gasteiger partial charge in [-0.2, -0.15) is 0 Å². The summed E-state index contributed by atoms with van der Waals surface area (Å²) in [6.07, 6.45) is -0.712. The highest BCUT2D eigenvalue weighted by molar-refractivity contribution is 7.43. The lowest BCUT2D eigenvalue weighted by Crippen LogP contribution is -2.47. The number of ether oxygens (including phenoxy) is 1. The number of aliphatic hydroxyl groups excluding tert-OH is 1. The molecule has 0 amide bonds. The molecule has 0 heterocycles. The van der Waals surface area contributed by atoms with Crippen LogP contribution in [0.5, 0.6) is 17.2 Å². The van der Waals surface area contributed by atoms with Gasteiger partial charge in [0.25, 0.3) is 0 Å². The van der Waals surface area contributed by atoms with Crippen LogP contribution < -0.4 is 19.3 Å². The molecule has 0 aliphatic carbocycles. The van der Waals surface area contributed by atoms with Gasteiger partial charge in [-0.05, 0) is 140 Å². The molecule has 0 saturated carbocycles. The summed E-state index contributed by atoms with van der Waals surface area (Å²) in [5, 5.41) is 41.9. The average Bonchev–Trinajstić information content (AvgIpc) is 3.17. The molecule has 0 atom stereocenters. The van der Waals surface area contributed by atoms with Crippen molar-refractivity contribution in [3.63, 3.8) is 0 Å². The number of carbonyl (C=O) groups is 3. The lowest BCUT2D eigenvalue weighted by molar-refractivity contribution is -0.170. The zero-order valence-electron chi connectivity index (χ0n) is 39.2. The van der Waals surface area contributed by atoms with Gasteiger partial charge in [0.2, 0.25) is 0 Å². The third-order valence-electron chi connectivity index (χ3n) is 7.78. The van der Waals surface area contributed by atoms with Crippen LogP contribution in [0.1, 0.15) is 33.1 Å². The Balaban J connectivity index is 0. The maximum atomic E-state index is 10.3. The summed E-state index contributed by atoms with van der Waals surface area (Å²) >= 11 is 0. The van der Waals surface area contributed by atoms with Gasteiger partial charge >= 0.3 is 26.5 Å². The number of aliphatic hydroxyl groups is 2. The lowest BCUT2D eigenvalue weighted by atomic mass is 9.96. The van der Waals surface area contributed by atoms with E-state index < -0.39 is 45.0 Å². The zero-order chi connectivity index (χ0) is 48.5. The Hall–Kier alpha value is -4.46. The van der Waals surface area contributed by atoms with Gasteiger partial charge in [0, 0.05) is 6.10 Å². The highest BCUT2D eigenvalue weighted by Crippen LogP contribution is 2.42. The van der Waals surface area contributed by atoms with Crippen molar-refractivity contribution >= 4 is 26.5 Å². The minimum absolute atomic E-state index is 0.167. The van der Waals surface area contributed by atoms with Crippen LogP contribution in [0.3, 0.4) is 0 Å². The maximum absolute atomic E-state index is 10.3. The second-order valence-corrected chi connectivity index (χ2v) is 16.3. The molecule has 0 aliphatic rings. The summed E-state index contributed by atoms with van der Waals surface area (Å²) in [5.41, 5.74) is 2.51. The molecule has 0 aliphatic heterocycles. The van der Waals surface area contributed by atoms with E-state index in [0.29, 0.717) is 29.6 Å². The second kappa shape index (κ2) is 35.0. The fourth-order valence-corrected chi connectivity index (χ4v) is 5.67. The first-order chi connectivity index (χ1) is 29.4. The SMILES string of the molecule is CC(C)O.CN(C)C(COCC(N(C)C)N(C)C)N(C)C.CN(C)CCCN.O=C(O)CC(O)(CC(=O)O)C(=O)O.c1ccc(OP(Oc2ccccc2)Oc2ccccc2)cc1. The van der Waals surface area contributed by atoms with E-state index in [4.69, 9.17) is 49.6 Å². The third-order valence-corrected chi connectivity index (χ3v) is 8.86. The van der Waals surface area contributed by atoms with E-state index in [1.165, 1.54) is 0 Å². The Labute approximate surface area is 376 Å². The van der Waals surface area contributed by atoms with Crippen molar-refractivity contribution in [2.24, 2.45) is 5.73 Å². The fraction of sp³-hybridized carbons (Fsp3) is 0.523. The quantitative estimate of drug-likeness (QED) is 0.0607. The zero-order valence-corrected chi connectivity index (χ0v) is 40.1. The molecule has 7 N–H and O–H groups in total. The van der Waals surface area contributed by atoms with Crippen molar-refractivity contribution in [1.29, 1.82) is 0 Å². The highest BCUT2D eigenvalue weighted by Gasteiger charge is 2.40. The number of hydrogen-bond donors (Lipinski definition) is 6. The normalized spacial score (nSPS) is 11.0. The van der Waals surface area contributed by atoms with E-state index in [9.17, 15) is 14.4 Å². The maximum Gasteiger partial charge on any atom is 0.530 e. The molecule has 18 nitrogen and oxygen atoms in total. The number of likely N-dealkylation sites (N-methyl/N-ethyl adjacent to an activating group) is 4. The van der Waals surface area contributed by atoms with E-state index >= 15 is 0 Å². The largest absolute Gasteiger partial charge is 0.530 e. The first-order valence-electron chi connectivity index (χ1n) is 20.1. The van der Waals surface area contributed by atoms with Crippen LogP contribution in [-0.2, 0) is 19.1 Å². The second-order valence-electron chi connectivity index (χ2n) is 15.3. The van der Waals surface area contributed by atoms with Crippen molar-refractivity contribution in [3.8, 4) is 17.2 Å². The molecular formula is C44H75N6O12P. The molecule has 3 rings (SSSR count). The number of hydrogen-bond acceptors (Lipinski definition) is 15. The van der Waals surface area contributed by atoms with Gasteiger partial charge < -0.3 is 54.5 Å². The van der Waals surface area contributed by atoms with Gasteiger partial charge in [0.15, 0.2) is 5.60 Å². The van der Waals surface area contributed by atoms with Crippen molar-refractivity contribution in [1.82, 2.24) is 24.5 Å². The Kier molecular flexibility index (Phi) is 33.6. The van der Waals surface area contributed by atoms with Crippen LogP contribution in [0.25, 0.3) is 0 Å². The monoisotopic (exact) mass is 911 g/mol. The Morgan fingerprint density at radius 3 is 1.08 bits per heavy atom. The predicted molar refractivity (Wildman–Crippen MR) is 248 cm³/mol. The minimum Gasteiger partial charge on any atom is -0.481 e. The predicted octanol–water partition coefficient (Wildman–Crippen LogP) is 4.39. The van der Waals surface area contributed by atoms with Crippen molar-refractivity contribution in [2.75, 3.05) is 96.8 Å².